The van der Waals surface area contributed by atoms with Crippen molar-refractivity contribution < 1.29 is 14.3 Å². The van der Waals surface area contributed by atoms with E-state index < -0.39 is 6.09 Å². The summed E-state index contributed by atoms with van der Waals surface area (Å²) in [5.74, 6) is 0.575. The smallest absolute Gasteiger partial charge is 0.409 e. The van der Waals surface area contributed by atoms with E-state index in [2.05, 4.69) is 15.4 Å². The van der Waals surface area contributed by atoms with Gasteiger partial charge in [-0.1, -0.05) is 0 Å². The van der Waals surface area contributed by atoms with Crippen molar-refractivity contribution in [2.75, 3.05) is 33.5 Å². The van der Waals surface area contributed by atoms with Crippen molar-refractivity contribution in [1.29, 1.82) is 0 Å². The number of alkyl carbamates (subject to hydrolysis) is 1. The summed E-state index contributed by atoms with van der Waals surface area (Å²) in [6.07, 6.45) is 1.83. The zero-order valence-electron chi connectivity index (χ0n) is 8.54. The van der Waals surface area contributed by atoms with Crippen molar-refractivity contribution in [2.45, 2.75) is 12.8 Å². The van der Waals surface area contributed by atoms with Crippen LogP contribution in [-0.2, 0) is 9.47 Å². The van der Waals surface area contributed by atoms with Crippen LogP contribution in [-0.4, -0.2) is 39.6 Å². The molecule has 1 saturated heterocycles. The van der Waals surface area contributed by atoms with Crippen molar-refractivity contribution in [3.8, 4) is 0 Å². The summed E-state index contributed by atoms with van der Waals surface area (Å²) < 4.78 is 9.31. The van der Waals surface area contributed by atoms with Gasteiger partial charge in [-0.2, -0.15) is 0 Å². The lowest BCUT2D eigenvalue weighted by Gasteiger charge is -2.22. The van der Waals surface area contributed by atoms with Crippen molar-refractivity contribution in [3.05, 3.63) is 0 Å². The van der Waals surface area contributed by atoms with Gasteiger partial charge in [-0.15, -0.1) is 0 Å². The van der Waals surface area contributed by atoms with Crippen LogP contribution >= 0.6 is 0 Å². The minimum Gasteiger partial charge on any atom is -0.422 e. The monoisotopic (exact) mass is 202 g/mol. The largest absolute Gasteiger partial charge is 0.422 e. The molecule has 1 rings (SSSR count). The van der Waals surface area contributed by atoms with E-state index in [9.17, 15) is 4.79 Å². The summed E-state index contributed by atoms with van der Waals surface area (Å²) >= 11 is 0. The van der Waals surface area contributed by atoms with E-state index in [0.29, 0.717) is 12.5 Å². The highest BCUT2D eigenvalue weighted by Gasteiger charge is 2.13. The molecule has 1 amide bonds. The van der Waals surface area contributed by atoms with Crippen LogP contribution in [0.5, 0.6) is 0 Å². The first-order chi connectivity index (χ1) is 6.83. The maximum atomic E-state index is 11.0. The Hall–Kier alpha value is -0.810. The molecule has 0 aliphatic carbocycles. The third-order valence-electron chi connectivity index (χ3n) is 2.30. The van der Waals surface area contributed by atoms with E-state index >= 15 is 0 Å². The van der Waals surface area contributed by atoms with Gasteiger partial charge in [-0.05, 0) is 31.8 Å². The Morgan fingerprint density at radius 1 is 1.50 bits per heavy atom. The Bertz CT molecular complexity index is 169. The zero-order chi connectivity index (χ0) is 10.2. The Morgan fingerprint density at radius 3 is 2.86 bits per heavy atom. The van der Waals surface area contributed by atoms with Crippen LogP contribution in [0, 0.1) is 5.92 Å². The fourth-order valence-corrected chi connectivity index (χ4v) is 1.48. The summed E-state index contributed by atoms with van der Waals surface area (Å²) in [7, 11) is 1.49. The molecule has 1 fully saturated rings. The summed E-state index contributed by atoms with van der Waals surface area (Å²) in [6.45, 7) is 2.79. The molecule has 2 N–H and O–H groups in total. The van der Waals surface area contributed by atoms with E-state index in [0.717, 1.165) is 25.9 Å². The van der Waals surface area contributed by atoms with Crippen LogP contribution in [0.25, 0.3) is 0 Å². The third kappa shape index (κ3) is 4.43. The van der Waals surface area contributed by atoms with Gasteiger partial charge in [0.1, 0.15) is 0 Å². The van der Waals surface area contributed by atoms with Crippen LogP contribution in [0.4, 0.5) is 4.79 Å². The molecule has 0 saturated carbocycles. The van der Waals surface area contributed by atoms with E-state index in [1.54, 1.807) is 0 Å². The SMILES string of the molecule is COCOC(=O)NCC1CCNCC1. The molecular formula is C9H18N2O3. The highest BCUT2D eigenvalue weighted by Crippen LogP contribution is 2.09. The number of hydrogen-bond donors (Lipinski definition) is 2. The standard InChI is InChI=1S/C9H18N2O3/c1-13-7-14-9(12)11-6-8-2-4-10-5-3-8/h8,10H,2-7H2,1H3,(H,11,12). The van der Waals surface area contributed by atoms with Gasteiger partial charge >= 0.3 is 6.09 Å². The van der Waals surface area contributed by atoms with E-state index in [1.165, 1.54) is 7.11 Å². The molecule has 1 aliphatic rings. The summed E-state index contributed by atoms with van der Waals surface area (Å²) in [5, 5.41) is 5.99. The number of carbonyl (C=O) groups is 1. The van der Waals surface area contributed by atoms with Crippen LogP contribution in [0.1, 0.15) is 12.8 Å². The van der Waals surface area contributed by atoms with Gasteiger partial charge in [0.15, 0.2) is 6.79 Å². The van der Waals surface area contributed by atoms with Crippen molar-refractivity contribution >= 4 is 6.09 Å². The highest BCUT2D eigenvalue weighted by molar-refractivity contribution is 5.66. The molecule has 0 unspecified atom stereocenters. The molecule has 1 heterocycles. The molecule has 5 heteroatoms. The second-order valence-electron chi connectivity index (χ2n) is 3.41. The van der Waals surface area contributed by atoms with Gasteiger partial charge in [0.2, 0.25) is 0 Å². The van der Waals surface area contributed by atoms with Crippen molar-refractivity contribution in [3.63, 3.8) is 0 Å². The molecule has 14 heavy (non-hydrogen) atoms. The van der Waals surface area contributed by atoms with Gasteiger partial charge < -0.3 is 20.1 Å². The second kappa shape index (κ2) is 6.62. The quantitative estimate of drug-likeness (QED) is 0.644. The lowest BCUT2D eigenvalue weighted by Crippen LogP contribution is -2.36. The molecule has 0 aromatic rings. The van der Waals surface area contributed by atoms with E-state index in [1.807, 2.05) is 0 Å². The molecule has 5 nitrogen and oxygen atoms in total. The highest BCUT2D eigenvalue weighted by atomic mass is 16.7. The first-order valence-corrected chi connectivity index (χ1v) is 4.93. The lowest BCUT2D eigenvalue weighted by molar-refractivity contribution is 0.0115. The fourth-order valence-electron chi connectivity index (χ4n) is 1.48. The molecule has 0 spiro atoms. The number of hydrogen-bond acceptors (Lipinski definition) is 4. The van der Waals surface area contributed by atoms with Gasteiger partial charge in [-0.3, -0.25) is 0 Å². The fraction of sp³-hybridized carbons (Fsp3) is 0.889. The van der Waals surface area contributed by atoms with E-state index in [4.69, 9.17) is 4.74 Å². The van der Waals surface area contributed by atoms with Gasteiger partial charge in [0, 0.05) is 13.7 Å². The van der Waals surface area contributed by atoms with E-state index in [-0.39, 0.29) is 6.79 Å². The Kier molecular flexibility index (Phi) is 5.32. The molecule has 0 radical (unpaired) electrons. The zero-order valence-corrected chi connectivity index (χ0v) is 8.54. The average molecular weight is 202 g/mol. The first kappa shape index (κ1) is 11.3. The first-order valence-electron chi connectivity index (χ1n) is 4.93. The summed E-state index contributed by atoms with van der Waals surface area (Å²) in [6, 6.07) is 0. The normalized spacial score (nSPS) is 17.8. The summed E-state index contributed by atoms with van der Waals surface area (Å²) in [5.41, 5.74) is 0. The second-order valence-corrected chi connectivity index (χ2v) is 3.41. The maximum absolute atomic E-state index is 11.0. The van der Waals surface area contributed by atoms with Crippen molar-refractivity contribution in [1.82, 2.24) is 10.6 Å². The number of carbonyl (C=O) groups excluding carboxylic acids is 1. The Balaban J connectivity index is 2.03. The number of methoxy groups -OCH3 is 1. The maximum Gasteiger partial charge on any atom is 0.409 e. The molecule has 82 valence electrons. The number of piperidine rings is 1. The van der Waals surface area contributed by atoms with Gasteiger partial charge in [-0.25, -0.2) is 4.79 Å². The molecule has 0 aromatic carbocycles. The number of amides is 1. The molecule has 0 bridgehead atoms. The van der Waals surface area contributed by atoms with Crippen LogP contribution < -0.4 is 10.6 Å². The van der Waals surface area contributed by atoms with Crippen LogP contribution in [0.2, 0.25) is 0 Å². The van der Waals surface area contributed by atoms with Crippen LogP contribution in [0.3, 0.4) is 0 Å². The topological polar surface area (TPSA) is 59.6 Å². The lowest BCUT2D eigenvalue weighted by atomic mass is 9.98. The third-order valence-corrected chi connectivity index (χ3v) is 2.30. The number of ether oxygens (including phenoxy) is 2. The Labute approximate surface area is 84.1 Å². The summed E-state index contributed by atoms with van der Waals surface area (Å²) in [4.78, 5) is 11.0. The molecule has 0 atom stereocenters. The number of nitrogens with one attached hydrogen (secondary N) is 2. The predicted octanol–water partition coefficient (Wildman–Crippen LogP) is 0.316. The molecular weight excluding hydrogens is 184 g/mol. The predicted molar refractivity (Wildman–Crippen MR) is 52.0 cm³/mol. The van der Waals surface area contributed by atoms with Crippen molar-refractivity contribution in [2.24, 2.45) is 5.92 Å². The van der Waals surface area contributed by atoms with Crippen LogP contribution in [0.15, 0.2) is 0 Å². The number of rotatable bonds is 4. The minimum absolute atomic E-state index is 0.0120. The minimum atomic E-state index is -0.398. The average Bonchev–Trinajstić information content (AvgIpc) is 2.25. The molecule has 0 aromatic heterocycles. The molecule has 1 aliphatic heterocycles. The van der Waals surface area contributed by atoms with Gasteiger partial charge in [0.05, 0.1) is 0 Å². The Morgan fingerprint density at radius 2 is 2.21 bits per heavy atom. The van der Waals surface area contributed by atoms with Gasteiger partial charge in [0.25, 0.3) is 0 Å².